The van der Waals surface area contributed by atoms with Gasteiger partial charge in [-0.05, 0) is 11.5 Å². The Kier molecular flexibility index (Phi) is 5.32. The highest BCUT2D eigenvalue weighted by Gasteiger charge is 1.93. The van der Waals surface area contributed by atoms with Crippen LogP contribution < -0.4 is 0 Å². The molecule has 0 aromatic carbocycles. The van der Waals surface area contributed by atoms with Crippen molar-refractivity contribution < 1.29 is 4.79 Å². The zero-order chi connectivity index (χ0) is 7.11. The van der Waals surface area contributed by atoms with E-state index in [0.29, 0.717) is 0 Å². The zero-order valence-electron chi connectivity index (χ0n) is 5.42. The van der Waals surface area contributed by atoms with Crippen molar-refractivity contribution in [2.45, 2.75) is 0 Å². The van der Waals surface area contributed by atoms with Crippen molar-refractivity contribution in [1.29, 1.82) is 0 Å². The quantitative estimate of drug-likeness (QED) is 0.352. The molecule has 0 N–H and O–H groups in total. The summed E-state index contributed by atoms with van der Waals surface area (Å²) in [4.78, 5) is 10.2. The van der Waals surface area contributed by atoms with Crippen molar-refractivity contribution >= 4 is 16.5 Å². The van der Waals surface area contributed by atoms with Crippen LogP contribution >= 0.6 is 10.9 Å². The van der Waals surface area contributed by atoms with Gasteiger partial charge in [0.05, 0.1) is 0 Å². The minimum Gasteiger partial charge on any atom is -0.293 e. The van der Waals surface area contributed by atoms with E-state index in [4.69, 9.17) is 0 Å². The molecule has 9 heavy (non-hydrogen) atoms. The van der Waals surface area contributed by atoms with E-state index in [1.54, 1.807) is 12.2 Å². The summed E-state index contributed by atoms with van der Waals surface area (Å²) in [5, 5.41) is 0. The molecule has 0 bridgehead atoms. The fourth-order valence-corrected chi connectivity index (χ4v) is 1.48. The van der Waals surface area contributed by atoms with Gasteiger partial charge in [-0.3, -0.25) is 4.79 Å². The molecule has 0 heterocycles. The van der Waals surface area contributed by atoms with E-state index in [-0.39, 0.29) is 0 Å². The van der Waals surface area contributed by atoms with Crippen molar-refractivity contribution in [3.8, 4) is 0 Å². The molecule has 0 fully saturated rings. The average molecular weight is 144 g/mol. The highest BCUT2D eigenvalue weighted by molar-refractivity contribution is 8.28. The summed E-state index contributed by atoms with van der Waals surface area (Å²) < 4.78 is 0. The van der Waals surface area contributed by atoms with E-state index < -0.39 is 10.9 Å². The maximum atomic E-state index is 10.2. The van der Waals surface area contributed by atoms with Gasteiger partial charge in [-0.1, -0.05) is 12.2 Å². The largest absolute Gasteiger partial charge is 0.293 e. The van der Waals surface area contributed by atoms with E-state index in [1.165, 1.54) is 0 Å². The van der Waals surface area contributed by atoms with E-state index in [0.717, 1.165) is 17.1 Å². The number of thiol groups is 1. The summed E-state index contributed by atoms with van der Waals surface area (Å²) in [6.45, 7) is 7.11. The molecule has 0 unspecified atom stereocenters. The predicted molar refractivity (Wildman–Crippen MR) is 45.9 cm³/mol. The lowest BCUT2D eigenvalue weighted by Crippen LogP contribution is -1.88. The fourth-order valence-electron chi connectivity index (χ4n) is 0.492. The fraction of sp³-hybridized carbons (Fsp3) is 0.286. The van der Waals surface area contributed by atoms with Crippen molar-refractivity contribution in [3.05, 3.63) is 25.3 Å². The first-order valence-electron chi connectivity index (χ1n) is 2.76. The van der Waals surface area contributed by atoms with Gasteiger partial charge in [0.15, 0.2) is 5.62 Å². The molecule has 0 aliphatic carbocycles. The molecule has 0 spiro atoms. The zero-order valence-corrected chi connectivity index (χ0v) is 6.31. The summed E-state index contributed by atoms with van der Waals surface area (Å²) in [7, 11) is -0.475. The van der Waals surface area contributed by atoms with Gasteiger partial charge in [-0.25, -0.2) is 0 Å². The lowest BCUT2D eigenvalue weighted by Gasteiger charge is -2.06. The predicted octanol–water partition coefficient (Wildman–Crippen LogP) is 1.55. The lowest BCUT2D eigenvalue weighted by molar-refractivity contribution is 0.569. The maximum absolute atomic E-state index is 10.2. The number of hydrogen-bond donors (Lipinski definition) is 1. The minimum atomic E-state index is -0.475. The first-order chi connectivity index (χ1) is 4.35. The molecular formula is C7H12OS. The summed E-state index contributed by atoms with van der Waals surface area (Å²) in [6.07, 6.45) is 3.56. The van der Waals surface area contributed by atoms with Gasteiger partial charge in [0.25, 0.3) is 0 Å². The second-order valence-corrected chi connectivity index (χ2v) is 3.76. The van der Waals surface area contributed by atoms with Gasteiger partial charge in [0, 0.05) is 0 Å². The third kappa shape index (κ3) is 4.03. The Morgan fingerprint density at radius 3 is 1.89 bits per heavy atom. The summed E-state index contributed by atoms with van der Waals surface area (Å²) in [5.41, 5.74) is 1.01. The molecule has 0 aliphatic heterocycles. The van der Waals surface area contributed by atoms with Crippen molar-refractivity contribution in [3.63, 3.8) is 0 Å². The Bertz CT molecular complexity index is 99.5. The highest BCUT2D eigenvalue weighted by Crippen LogP contribution is 2.19. The van der Waals surface area contributed by atoms with Crippen molar-refractivity contribution in [2.75, 3.05) is 11.5 Å². The van der Waals surface area contributed by atoms with Crippen LogP contribution in [0.4, 0.5) is 0 Å². The summed E-state index contributed by atoms with van der Waals surface area (Å²) >= 11 is 0. The van der Waals surface area contributed by atoms with Crippen LogP contribution in [0.5, 0.6) is 0 Å². The molecule has 0 rings (SSSR count). The molecule has 1 nitrogen and oxygen atoms in total. The molecule has 0 atom stereocenters. The smallest absolute Gasteiger partial charge is 0.157 e. The van der Waals surface area contributed by atoms with Crippen molar-refractivity contribution in [2.24, 2.45) is 0 Å². The van der Waals surface area contributed by atoms with Crippen LogP contribution in [0, 0.1) is 0 Å². The van der Waals surface area contributed by atoms with Gasteiger partial charge in [-0.2, -0.15) is 10.9 Å². The Balaban J connectivity index is 3.51. The van der Waals surface area contributed by atoms with Crippen LogP contribution in [0.2, 0.25) is 0 Å². The van der Waals surface area contributed by atoms with Gasteiger partial charge in [-0.15, -0.1) is 13.2 Å². The first-order valence-corrected chi connectivity index (χ1v) is 4.54. The lowest BCUT2D eigenvalue weighted by atomic mass is 10.8. The molecule has 0 radical (unpaired) electrons. The van der Waals surface area contributed by atoms with Crippen LogP contribution in [0.25, 0.3) is 0 Å². The topological polar surface area (TPSA) is 17.1 Å². The number of hydrogen-bond acceptors (Lipinski definition) is 1. The third-order valence-electron chi connectivity index (χ3n) is 0.876. The van der Waals surface area contributed by atoms with Gasteiger partial charge in [0.2, 0.25) is 0 Å². The van der Waals surface area contributed by atoms with Crippen LogP contribution in [0.3, 0.4) is 0 Å². The Hall–Kier alpha value is -0.500. The Labute approximate surface area is 58.8 Å². The third-order valence-corrected chi connectivity index (χ3v) is 2.63. The van der Waals surface area contributed by atoms with E-state index in [9.17, 15) is 4.79 Å². The second-order valence-electron chi connectivity index (χ2n) is 1.64. The molecule has 0 saturated carbocycles. The molecule has 52 valence electrons. The highest BCUT2D eigenvalue weighted by atomic mass is 32.2. The molecule has 0 aromatic heterocycles. The van der Waals surface area contributed by atoms with Crippen LogP contribution in [0.15, 0.2) is 25.3 Å². The standard InChI is InChI=1S/C7H12OS/c1-3-5-9(7-8)6-4-2/h3-4,7,9H,1-2,5-6H2. The van der Waals surface area contributed by atoms with E-state index >= 15 is 0 Å². The van der Waals surface area contributed by atoms with Gasteiger partial charge < -0.3 is 0 Å². The number of carbonyl (C=O) groups is 1. The van der Waals surface area contributed by atoms with Gasteiger partial charge in [0.1, 0.15) is 0 Å². The van der Waals surface area contributed by atoms with Crippen molar-refractivity contribution in [1.82, 2.24) is 0 Å². The molecule has 2 heteroatoms. The normalized spacial score (nSPS) is 10.0. The first kappa shape index (κ1) is 8.50. The van der Waals surface area contributed by atoms with Crippen LogP contribution in [0.1, 0.15) is 0 Å². The average Bonchev–Trinajstić information content (AvgIpc) is 1.88. The summed E-state index contributed by atoms with van der Waals surface area (Å²) in [5.74, 6) is 1.65. The molecule has 0 aliphatic rings. The van der Waals surface area contributed by atoms with Crippen LogP contribution in [-0.2, 0) is 4.79 Å². The maximum Gasteiger partial charge on any atom is 0.157 e. The molecular weight excluding hydrogens is 132 g/mol. The minimum absolute atomic E-state index is 0.475. The molecule has 0 saturated heterocycles. The Morgan fingerprint density at radius 1 is 1.22 bits per heavy atom. The van der Waals surface area contributed by atoms with E-state index in [1.807, 2.05) is 0 Å². The van der Waals surface area contributed by atoms with Crippen LogP contribution in [-0.4, -0.2) is 17.1 Å². The molecule has 0 aromatic rings. The molecule has 0 amide bonds. The van der Waals surface area contributed by atoms with E-state index in [2.05, 4.69) is 13.2 Å². The SMILES string of the molecule is C=CC[SH](C=O)CC=C. The monoisotopic (exact) mass is 144 g/mol. The number of carbonyl (C=O) groups excluding carboxylic acids is 1. The van der Waals surface area contributed by atoms with Gasteiger partial charge >= 0.3 is 0 Å². The second kappa shape index (κ2) is 5.63. The Morgan fingerprint density at radius 2 is 1.67 bits per heavy atom. The number of rotatable bonds is 5. The summed E-state index contributed by atoms with van der Waals surface area (Å²) in [6, 6.07) is 0.